The molecule has 0 atom stereocenters. The molecule has 0 saturated heterocycles. The molecule has 0 fully saturated rings. The molecule has 22 heavy (non-hydrogen) atoms. The van der Waals surface area contributed by atoms with Crippen LogP contribution in [0.4, 0.5) is 23.7 Å². The monoisotopic (exact) mass is 323 g/mol. The first-order valence-electron chi connectivity index (χ1n) is 5.84. The van der Waals surface area contributed by atoms with Crippen LogP contribution in [0.2, 0.25) is 0 Å². The third kappa shape index (κ3) is 4.71. The van der Waals surface area contributed by atoms with E-state index in [0.717, 1.165) is 4.68 Å². The number of nitro groups is 1. The van der Waals surface area contributed by atoms with E-state index in [-0.39, 0.29) is 17.1 Å². The maximum absolute atomic E-state index is 11.9. The average Bonchev–Trinajstić information content (AvgIpc) is 2.60. The van der Waals surface area contributed by atoms with Crippen molar-refractivity contribution in [3.05, 3.63) is 21.5 Å². The molecule has 9 nitrogen and oxygen atoms in total. The van der Waals surface area contributed by atoms with Crippen molar-refractivity contribution >= 4 is 17.6 Å². The van der Waals surface area contributed by atoms with Crippen molar-refractivity contribution in [1.82, 2.24) is 20.4 Å². The van der Waals surface area contributed by atoms with E-state index in [9.17, 15) is 32.9 Å². The Morgan fingerprint density at radius 1 is 1.36 bits per heavy atom. The molecule has 0 aliphatic rings. The number of alkyl halides is 3. The number of halogens is 3. The highest BCUT2D eigenvalue weighted by Gasteiger charge is 2.28. The molecule has 0 spiro atoms. The van der Waals surface area contributed by atoms with Gasteiger partial charge in [-0.05, 0) is 13.8 Å². The number of aromatic nitrogens is 2. The van der Waals surface area contributed by atoms with E-state index in [4.69, 9.17) is 0 Å². The van der Waals surface area contributed by atoms with Crippen molar-refractivity contribution in [3.63, 3.8) is 0 Å². The third-order valence-corrected chi connectivity index (χ3v) is 2.52. The van der Waals surface area contributed by atoms with Crippen LogP contribution in [0.1, 0.15) is 11.4 Å². The van der Waals surface area contributed by atoms with E-state index >= 15 is 0 Å². The molecule has 1 rings (SSSR count). The van der Waals surface area contributed by atoms with Gasteiger partial charge in [0.1, 0.15) is 24.5 Å². The molecule has 0 bridgehead atoms. The van der Waals surface area contributed by atoms with Gasteiger partial charge in [-0.2, -0.15) is 18.3 Å². The number of nitrogens with one attached hydrogen (secondary N) is 2. The summed E-state index contributed by atoms with van der Waals surface area (Å²) >= 11 is 0. The zero-order valence-electron chi connectivity index (χ0n) is 11.5. The van der Waals surface area contributed by atoms with Crippen molar-refractivity contribution in [2.24, 2.45) is 0 Å². The van der Waals surface area contributed by atoms with Gasteiger partial charge in [-0.25, -0.2) is 4.79 Å². The number of rotatable bonds is 4. The minimum absolute atomic E-state index is 0.0804. The first-order valence-corrected chi connectivity index (χ1v) is 5.84. The minimum Gasteiger partial charge on any atom is -0.329 e. The molecule has 0 unspecified atom stereocenters. The molecule has 1 aromatic heterocycles. The molecule has 2 N–H and O–H groups in total. The smallest absolute Gasteiger partial charge is 0.329 e. The highest BCUT2D eigenvalue weighted by Crippen LogP contribution is 2.21. The molecule has 12 heteroatoms. The number of aryl methyl sites for hydroxylation is 1. The summed E-state index contributed by atoms with van der Waals surface area (Å²) in [5, 5.41) is 17.7. The van der Waals surface area contributed by atoms with Crippen molar-refractivity contribution < 1.29 is 27.7 Å². The van der Waals surface area contributed by atoms with E-state index in [0.29, 0.717) is 0 Å². The van der Waals surface area contributed by atoms with Gasteiger partial charge in [0.25, 0.3) is 0 Å². The number of urea groups is 1. The van der Waals surface area contributed by atoms with Crippen molar-refractivity contribution in [3.8, 4) is 0 Å². The van der Waals surface area contributed by atoms with E-state index in [1.54, 1.807) is 5.32 Å². The van der Waals surface area contributed by atoms with Crippen LogP contribution in [0, 0.1) is 24.0 Å². The van der Waals surface area contributed by atoms with Crippen molar-refractivity contribution in [1.29, 1.82) is 0 Å². The number of hydrogen-bond acceptors (Lipinski definition) is 5. The van der Waals surface area contributed by atoms with Crippen molar-refractivity contribution in [2.45, 2.75) is 26.6 Å². The van der Waals surface area contributed by atoms with Crippen molar-refractivity contribution in [2.75, 3.05) is 6.54 Å². The predicted molar refractivity (Wildman–Crippen MR) is 66.0 cm³/mol. The number of amides is 3. The third-order valence-electron chi connectivity index (χ3n) is 2.52. The lowest BCUT2D eigenvalue weighted by Crippen LogP contribution is -2.44. The molecule has 1 heterocycles. The molecule has 0 aliphatic heterocycles. The second-order valence-corrected chi connectivity index (χ2v) is 4.28. The molecular weight excluding hydrogens is 311 g/mol. The van der Waals surface area contributed by atoms with Gasteiger partial charge in [-0.15, -0.1) is 0 Å². The Bertz CT molecular complexity index is 610. The summed E-state index contributed by atoms with van der Waals surface area (Å²) in [4.78, 5) is 32.7. The second-order valence-electron chi connectivity index (χ2n) is 4.28. The van der Waals surface area contributed by atoms with Crippen LogP contribution in [0.3, 0.4) is 0 Å². The number of carbonyl (C=O) groups excluding carboxylic acids is 2. The molecule has 0 radical (unpaired) electrons. The average molecular weight is 323 g/mol. The Kier molecular flexibility index (Phi) is 5.06. The summed E-state index contributed by atoms with van der Waals surface area (Å²) < 4.78 is 36.6. The maximum atomic E-state index is 11.9. The Morgan fingerprint density at radius 3 is 2.41 bits per heavy atom. The van der Waals surface area contributed by atoms with E-state index in [2.05, 4.69) is 5.10 Å². The zero-order chi connectivity index (χ0) is 17.1. The first-order chi connectivity index (χ1) is 10.0. The van der Waals surface area contributed by atoms with Gasteiger partial charge < -0.3 is 5.32 Å². The van der Waals surface area contributed by atoms with Crippen LogP contribution in [-0.4, -0.2) is 39.4 Å². The van der Waals surface area contributed by atoms with E-state index < -0.39 is 36.1 Å². The van der Waals surface area contributed by atoms with E-state index in [1.165, 1.54) is 19.2 Å². The summed E-state index contributed by atoms with van der Waals surface area (Å²) in [5.41, 5.74) is -0.0977. The van der Waals surface area contributed by atoms with Crippen LogP contribution in [0.25, 0.3) is 0 Å². The van der Waals surface area contributed by atoms with Crippen LogP contribution >= 0.6 is 0 Å². The molecule has 122 valence electrons. The lowest BCUT2D eigenvalue weighted by Gasteiger charge is -2.09. The fraction of sp³-hybridized carbons (Fsp3) is 0.500. The van der Waals surface area contributed by atoms with Gasteiger partial charge in [0.15, 0.2) is 0 Å². The Labute approximate surface area is 121 Å². The second kappa shape index (κ2) is 6.41. The van der Waals surface area contributed by atoms with Crippen LogP contribution in [-0.2, 0) is 11.3 Å². The number of carbonyl (C=O) groups is 2. The maximum Gasteiger partial charge on any atom is 0.405 e. The molecule has 0 aliphatic carbocycles. The summed E-state index contributed by atoms with van der Waals surface area (Å²) in [5.74, 6) is -0.958. The molecule has 3 amide bonds. The first kappa shape index (κ1) is 17.4. The zero-order valence-corrected chi connectivity index (χ0v) is 11.5. The highest BCUT2D eigenvalue weighted by molar-refractivity contribution is 5.94. The number of nitrogens with zero attached hydrogens (tertiary/aromatic N) is 3. The van der Waals surface area contributed by atoms with Gasteiger partial charge in [0.2, 0.25) is 5.91 Å². The van der Waals surface area contributed by atoms with Gasteiger partial charge in [-0.1, -0.05) is 0 Å². The van der Waals surface area contributed by atoms with Gasteiger partial charge in [0.05, 0.1) is 4.92 Å². The van der Waals surface area contributed by atoms with Crippen LogP contribution < -0.4 is 10.6 Å². The van der Waals surface area contributed by atoms with Crippen LogP contribution in [0.5, 0.6) is 0 Å². The lowest BCUT2D eigenvalue weighted by atomic mass is 10.3. The molecule has 0 saturated carbocycles. The van der Waals surface area contributed by atoms with Crippen LogP contribution in [0.15, 0.2) is 0 Å². The quantitative estimate of drug-likeness (QED) is 0.627. The number of hydrogen-bond donors (Lipinski definition) is 2. The van der Waals surface area contributed by atoms with Gasteiger partial charge in [-0.3, -0.25) is 24.9 Å². The van der Waals surface area contributed by atoms with Gasteiger partial charge in [0, 0.05) is 0 Å². The highest BCUT2D eigenvalue weighted by atomic mass is 19.4. The summed E-state index contributed by atoms with van der Waals surface area (Å²) in [7, 11) is 0. The Hall–Kier alpha value is -2.66. The summed E-state index contributed by atoms with van der Waals surface area (Å²) in [6.07, 6.45) is -4.60. The van der Waals surface area contributed by atoms with E-state index in [1.807, 2.05) is 0 Å². The summed E-state index contributed by atoms with van der Waals surface area (Å²) in [6, 6.07) is -1.32. The predicted octanol–water partition coefficient (Wildman–Crippen LogP) is 0.796. The largest absolute Gasteiger partial charge is 0.405 e. The topological polar surface area (TPSA) is 119 Å². The normalized spacial score (nSPS) is 11.1. The minimum atomic E-state index is -4.60. The summed E-state index contributed by atoms with van der Waals surface area (Å²) in [6.45, 7) is 0.599. The number of imide groups is 1. The SMILES string of the molecule is Cc1nn(CC(=O)NC(=O)NCC(F)(F)F)c(C)c1[N+](=O)[O-]. The Morgan fingerprint density at radius 2 is 1.95 bits per heavy atom. The lowest BCUT2D eigenvalue weighted by molar-refractivity contribution is -0.386. The fourth-order valence-electron chi connectivity index (χ4n) is 1.63. The molecule has 1 aromatic rings. The molecule has 0 aromatic carbocycles. The molecular formula is C10H12F3N5O4. The standard InChI is InChI=1S/C10H12F3N5O4/c1-5-8(18(21)22)6(2)17(16-5)3-7(19)15-9(20)14-4-10(11,12)13/h3-4H2,1-2H3,(H2,14,15,19,20). The fourth-order valence-corrected chi connectivity index (χ4v) is 1.63. The Balaban J connectivity index is 2.65. The van der Waals surface area contributed by atoms with Gasteiger partial charge >= 0.3 is 17.9 Å².